The Balaban J connectivity index is 1.68. The molecule has 0 amide bonds. The normalized spacial score (nSPS) is 30.8. The molecule has 11 heteroatoms. The number of hydrogen-bond donors (Lipinski definition) is 6. The summed E-state index contributed by atoms with van der Waals surface area (Å²) in [5.41, 5.74) is 3.76. The maximum atomic E-state index is 13.7. The number of hydrogen-bond acceptors (Lipinski definition) is 11. The largest absolute Gasteiger partial charge is 0.507 e. The third-order valence-electron chi connectivity index (χ3n) is 8.36. The number of aliphatic hydroxyl groups excluding tert-OH is 2. The van der Waals surface area contributed by atoms with Crippen LogP contribution in [0, 0.1) is 5.92 Å². The van der Waals surface area contributed by atoms with Crippen molar-refractivity contribution in [3.05, 3.63) is 51.6 Å². The summed E-state index contributed by atoms with van der Waals surface area (Å²) in [6, 6.07) is 3.84. The van der Waals surface area contributed by atoms with Gasteiger partial charge in [0.05, 0.1) is 47.7 Å². The predicted octanol–water partition coefficient (Wildman–Crippen LogP) is 1.07. The van der Waals surface area contributed by atoms with Crippen molar-refractivity contribution in [2.75, 3.05) is 13.7 Å². The molecule has 0 radical (unpaired) electrons. The number of benzene rings is 2. The van der Waals surface area contributed by atoms with E-state index in [1.807, 2.05) is 0 Å². The van der Waals surface area contributed by atoms with Crippen LogP contribution in [0.5, 0.6) is 17.2 Å². The first-order chi connectivity index (χ1) is 18.4. The van der Waals surface area contributed by atoms with Crippen LogP contribution in [-0.4, -0.2) is 81.0 Å². The smallest absolute Gasteiger partial charge is 0.202 e. The predicted molar refractivity (Wildman–Crippen MR) is 136 cm³/mol. The number of carbonyl (C=O) groups is 2. The van der Waals surface area contributed by atoms with Gasteiger partial charge in [-0.1, -0.05) is 19.1 Å². The van der Waals surface area contributed by atoms with Crippen LogP contribution in [0.2, 0.25) is 0 Å². The molecule has 1 heterocycles. The lowest BCUT2D eigenvalue weighted by Crippen LogP contribution is -2.52. The average molecular weight is 544 g/mol. The van der Waals surface area contributed by atoms with E-state index in [1.165, 1.54) is 19.2 Å². The van der Waals surface area contributed by atoms with Crippen molar-refractivity contribution in [3.63, 3.8) is 0 Å². The minimum absolute atomic E-state index is 0.0150. The second-order valence-electron chi connectivity index (χ2n) is 10.7. The van der Waals surface area contributed by atoms with E-state index in [0.29, 0.717) is 0 Å². The van der Waals surface area contributed by atoms with Crippen molar-refractivity contribution in [2.24, 2.45) is 11.7 Å². The number of methoxy groups -OCH3 is 1. The van der Waals surface area contributed by atoms with Crippen molar-refractivity contribution in [1.29, 1.82) is 0 Å². The van der Waals surface area contributed by atoms with Gasteiger partial charge in [0.25, 0.3) is 0 Å². The number of aromatic hydroxyl groups is 2. The van der Waals surface area contributed by atoms with Crippen molar-refractivity contribution in [2.45, 2.75) is 69.4 Å². The first-order valence-corrected chi connectivity index (χ1v) is 12.9. The molecule has 0 aromatic heterocycles. The Kier molecular flexibility index (Phi) is 6.94. The molecule has 1 saturated heterocycles. The van der Waals surface area contributed by atoms with E-state index in [-0.39, 0.29) is 65.0 Å². The highest BCUT2D eigenvalue weighted by Crippen LogP contribution is 2.53. The molecule has 210 valence electrons. The fourth-order valence-electron chi connectivity index (χ4n) is 5.96. The van der Waals surface area contributed by atoms with E-state index in [4.69, 9.17) is 19.9 Å². The van der Waals surface area contributed by atoms with Crippen LogP contribution in [0.15, 0.2) is 18.2 Å². The highest BCUT2D eigenvalue weighted by Gasteiger charge is 2.49. The molecule has 39 heavy (non-hydrogen) atoms. The van der Waals surface area contributed by atoms with Crippen LogP contribution in [0.4, 0.5) is 0 Å². The average Bonchev–Trinajstić information content (AvgIpc) is 2.90. The Labute approximate surface area is 224 Å². The monoisotopic (exact) mass is 543 g/mol. The lowest BCUT2D eigenvalue weighted by molar-refractivity contribution is -0.249. The number of fused-ring (bicyclic) bond motifs is 3. The van der Waals surface area contributed by atoms with Crippen molar-refractivity contribution in [3.8, 4) is 17.2 Å². The molecule has 5 unspecified atom stereocenters. The third kappa shape index (κ3) is 4.21. The fourth-order valence-corrected chi connectivity index (χ4v) is 5.96. The van der Waals surface area contributed by atoms with Crippen molar-refractivity contribution < 1.29 is 49.3 Å². The van der Waals surface area contributed by atoms with Crippen LogP contribution in [0.3, 0.4) is 0 Å². The van der Waals surface area contributed by atoms with E-state index in [9.17, 15) is 35.1 Å². The van der Waals surface area contributed by atoms with Crippen LogP contribution in [0.1, 0.15) is 75.8 Å². The lowest BCUT2D eigenvalue weighted by Gasteiger charge is -2.44. The maximum Gasteiger partial charge on any atom is 0.202 e. The van der Waals surface area contributed by atoms with Gasteiger partial charge in [-0.25, -0.2) is 0 Å². The van der Waals surface area contributed by atoms with E-state index < -0.39 is 65.2 Å². The van der Waals surface area contributed by atoms with E-state index in [1.54, 1.807) is 19.9 Å². The Morgan fingerprint density at radius 3 is 2.49 bits per heavy atom. The minimum Gasteiger partial charge on any atom is -0.507 e. The molecule has 2 aromatic carbocycles. The second-order valence-corrected chi connectivity index (χ2v) is 10.7. The second kappa shape index (κ2) is 9.84. The summed E-state index contributed by atoms with van der Waals surface area (Å²) >= 11 is 0. The number of aliphatic hydroxyl groups is 3. The van der Waals surface area contributed by atoms with Gasteiger partial charge >= 0.3 is 0 Å². The van der Waals surface area contributed by atoms with Gasteiger partial charge in [-0.15, -0.1) is 0 Å². The van der Waals surface area contributed by atoms with E-state index in [2.05, 4.69) is 0 Å². The number of phenolic OH excluding ortho intramolecular Hbond substituents is 2. The Bertz CT molecular complexity index is 1330. The zero-order valence-electron chi connectivity index (χ0n) is 21.9. The fraction of sp³-hybridized carbons (Fsp3) is 0.500. The maximum absolute atomic E-state index is 13.7. The number of carbonyl (C=O) groups excluding carboxylic acids is 2. The van der Waals surface area contributed by atoms with Gasteiger partial charge in [-0.2, -0.15) is 0 Å². The van der Waals surface area contributed by atoms with Gasteiger partial charge in [0.15, 0.2) is 12.1 Å². The zero-order chi connectivity index (χ0) is 28.4. The summed E-state index contributed by atoms with van der Waals surface area (Å²) in [6.07, 6.45) is -3.89. The van der Waals surface area contributed by atoms with E-state index >= 15 is 0 Å². The standard InChI is InChI=1S/C28H33NO10/c1-11(10-30)28(36)8-14-20(17(9-28)39-18-7-15(29)23(31)12(2)38-18)27(35)22-21(25(14)33)24(32)13-5-4-6-16(37-3)19(13)26(22)34/h4-6,11-12,15,17-18,23,30-31,33,35-36H,7-10,29H2,1-3H3/t11?,12?,15?,17-,18?,23?,28-/m0/s1. The third-order valence-corrected chi connectivity index (χ3v) is 8.36. The summed E-state index contributed by atoms with van der Waals surface area (Å²) < 4.78 is 17.3. The summed E-state index contributed by atoms with van der Waals surface area (Å²) in [5.74, 6) is -3.02. The zero-order valence-corrected chi connectivity index (χ0v) is 21.9. The number of nitrogens with two attached hydrogens (primary N) is 1. The summed E-state index contributed by atoms with van der Waals surface area (Å²) in [7, 11) is 1.35. The number of ether oxygens (including phenoxy) is 3. The van der Waals surface area contributed by atoms with Gasteiger partial charge in [0, 0.05) is 54.5 Å². The molecular weight excluding hydrogens is 510 g/mol. The molecule has 3 aliphatic rings. The van der Waals surface area contributed by atoms with Gasteiger partial charge in [-0.3, -0.25) is 9.59 Å². The lowest BCUT2D eigenvalue weighted by atomic mass is 9.69. The van der Waals surface area contributed by atoms with E-state index in [0.717, 1.165) is 0 Å². The molecule has 5 rings (SSSR count). The Hall–Kier alpha value is -3.06. The van der Waals surface area contributed by atoms with Crippen LogP contribution in [-0.2, 0) is 15.9 Å². The molecule has 2 aromatic rings. The molecule has 2 aliphatic carbocycles. The molecule has 0 bridgehead atoms. The first-order valence-electron chi connectivity index (χ1n) is 12.9. The number of rotatable bonds is 5. The van der Waals surface area contributed by atoms with Gasteiger partial charge < -0.3 is 45.5 Å². The SMILES string of the molecule is COc1cccc2c1C(=O)c1c(O)c3c(c(O)c1C2=O)C[C@@](O)(C(C)CO)C[C@@H]3OC1CC(N)C(O)C(C)O1. The Morgan fingerprint density at radius 1 is 1.15 bits per heavy atom. The molecule has 11 nitrogen and oxygen atoms in total. The molecule has 1 fully saturated rings. The van der Waals surface area contributed by atoms with Gasteiger partial charge in [-0.05, 0) is 13.0 Å². The first kappa shape index (κ1) is 27.5. The topological polar surface area (TPSA) is 189 Å². The number of phenols is 2. The molecule has 7 atom stereocenters. The summed E-state index contributed by atoms with van der Waals surface area (Å²) in [4.78, 5) is 27.3. The molecule has 0 saturated carbocycles. The molecule has 0 spiro atoms. The van der Waals surface area contributed by atoms with Gasteiger partial charge in [0.1, 0.15) is 17.2 Å². The molecule has 1 aliphatic heterocycles. The van der Waals surface area contributed by atoms with Crippen LogP contribution >= 0.6 is 0 Å². The van der Waals surface area contributed by atoms with Crippen LogP contribution < -0.4 is 10.5 Å². The molecule has 7 N–H and O–H groups in total. The Morgan fingerprint density at radius 2 is 1.85 bits per heavy atom. The van der Waals surface area contributed by atoms with Gasteiger partial charge in [0.2, 0.25) is 5.78 Å². The summed E-state index contributed by atoms with van der Waals surface area (Å²) in [6.45, 7) is 2.88. The minimum atomic E-state index is -1.60. The van der Waals surface area contributed by atoms with Crippen LogP contribution in [0.25, 0.3) is 0 Å². The van der Waals surface area contributed by atoms with Crippen molar-refractivity contribution in [1.82, 2.24) is 0 Å². The summed E-state index contributed by atoms with van der Waals surface area (Å²) in [5, 5.41) is 54.6. The molecular formula is C28H33NO10. The highest BCUT2D eigenvalue weighted by molar-refractivity contribution is 6.31. The highest BCUT2D eigenvalue weighted by atomic mass is 16.7. The quantitative estimate of drug-likeness (QED) is 0.253. The number of ketones is 2. The van der Waals surface area contributed by atoms with Crippen molar-refractivity contribution >= 4 is 11.6 Å².